The molecule has 1 N–H and O–H groups in total. The molecule has 1 aromatic carbocycles. The van der Waals surface area contributed by atoms with Gasteiger partial charge in [-0.25, -0.2) is 0 Å². The molecule has 22 heavy (non-hydrogen) atoms. The van der Waals surface area contributed by atoms with Crippen LogP contribution in [0, 0.1) is 0 Å². The number of aldehydes is 1. The maximum absolute atomic E-state index is 11.5. The lowest BCUT2D eigenvalue weighted by atomic mass is 10.1. The number of aromatic hydroxyl groups is 1. The lowest BCUT2D eigenvalue weighted by molar-refractivity contribution is -0.142. The molecule has 2 rings (SSSR count). The van der Waals surface area contributed by atoms with E-state index in [-0.39, 0.29) is 29.5 Å². The zero-order chi connectivity index (χ0) is 16.1. The number of phenols is 1. The van der Waals surface area contributed by atoms with Gasteiger partial charge in [-0.2, -0.15) is 0 Å². The Kier molecular flexibility index (Phi) is 5.16. The summed E-state index contributed by atoms with van der Waals surface area (Å²) in [6.07, 6.45) is 0.794. The molecule has 0 aliphatic rings. The van der Waals surface area contributed by atoms with E-state index >= 15 is 0 Å². The second-order valence-corrected chi connectivity index (χ2v) is 5.65. The second-order valence-electron chi connectivity index (χ2n) is 4.48. The van der Waals surface area contributed by atoms with E-state index in [1.54, 1.807) is 19.1 Å². The van der Waals surface area contributed by atoms with Crippen LogP contribution in [0.25, 0.3) is 10.4 Å². The quantitative estimate of drug-likeness (QED) is 0.654. The van der Waals surface area contributed by atoms with Crippen molar-refractivity contribution in [1.29, 1.82) is 0 Å². The van der Waals surface area contributed by atoms with Crippen molar-refractivity contribution in [1.82, 2.24) is 0 Å². The summed E-state index contributed by atoms with van der Waals surface area (Å²) in [5.74, 6) is -0.211. The van der Waals surface area contributed by atoms with Gasteiger partial charge in [-0.05, 0) is 36.8 Å². The van der Waals surface area contributed by atoms with Gasteiger partial charge in [0.1, 0.15) is 0 Å². The number of hydrogen-bond acceptors (Lipinski definition) is 6. The topological polar surface area (TPSA) is 72.8 Å². The molecule has 0 saturated heterocycles. The van der Waals surface area contributed by atoms with Gasteiger partial charge in [0.25, 0.3) is 0 Å². The Balaban J connectivity index is 2.31. The van der Waals surface area contributed by atoms with Gasteiger partial charge in [-0.15, -0.1) is 11.3 Å². The maximum atomic E-state index is 11.5. The standard InChI is InChI=1S/C16H16O5S/c1-3-21-15(18)8-12-4-5-14(22-12)10-6-11(9-17)16(19)13(7-10)20-2/h4-7,9,19H,3,8H2,1-2H3. The molecule has 0 aliphatic carbocycles. The molecular formula is C16H16O5S. The van der Waals surface area contributed by atoms with Gasteiger partial charge in [0.2, 0.25) is 0 Å². The third kappa shape index (κ3) is 3.46. The summed E-state index contributed by atoms with van der Waals surface area (Å²) in [6, 6.07) is 6.95. The fraction of sp³-hybridized carbons (Fsp3) is 0.250. The van der Waals surface area contributed by atoms with Crippen molar-refractivity contribution >= 4 is 23.6 Å². The lowest BCUT2D eigenvalue weighted by Crippen LogP contribution is -2.05. The van der Waals surface area contributed by atoms with E-state index in [0.29, 0.717) is 12.9 Å². The van der Waals surface area contributed by atoms with Crippen LogP contribution in [0.4, 0.5) is 0 Å². The van der Waals surface area contributed by atoms with Gasteiger partial charge >= 0.3 is 5.97 Å². The summed E-state index contributed by atoms with van der Waals surface area (Å²) in [7, 11) is 1.42. The zero-order valence-corrected chi connectivity index (χ0v) is 13.1. The van der Waals surface area contributed by atoms with Gasteiger partial charge in [0.15, 0.2) is 17.8 Å². The van der Waals surface area contributed by atoms with Gasteiger partial charge in [-0.3, -0.25) is 9.59 Å². The largest absolute Gasteiger partial charge is 0.504 e. The van der Waals surface area contributed by atoms with Crippen LogP contribution in [0.1, 0.15) is 22.2 Å². The maximum Gasteiger partial charge on any atom is 0.311 e. The van der Waals surface area contributed by atoms with E-state index < -0.39 is 0 Å². The van der Waals surface area contributed by atoms with Crippen molar-refractivity contribution in [2.75, 3.05) is 13.7 Å². The Morgan fingerprint density at radius 2 is 2.14 bits per heavy atom. The second kappa shape index (κ2) is 7.09. The highest BCUT2D eigenvalue weighted by atomic mass is 32.1. The Morgan fingerprint density at radius 3 is 2.77 bits per heavy atom. The molecule has 0 atom stereocenters. The molecule has 0 aliphatic heterocycles. The summed E-state index contributed by atoms with van der Waals surface area (Å²) in [4.78, 5) is 24.3. The number of carbonyl (C=O) groups excluding carboxylic acids is 2. The third-order valence-electron chi connectivity index (χ3n) is 3.02. The van der Waals surface area contributed by atoms with Gasteiger partial charge in [0.05, 0.1) is 25.7 Å². The third-order valence-corrected chi connectivity index (χ3v) is 4.16. The minimum absolute atomic E-state index is 0.162. The molecule has 5 nitrogen and oxygen atoms in total. The highest BCUT2D eigenvalue weighted by Gasteiger charge is 2.13. The van der Waals surface area contributed by atoms with Crippen LogP contribution in [0.5, 0.6) is 11.5 Å². The van der Waals surface area contributed by atoms with Gasteiger partial charge in [-0.1, -0.05) is 0 Å². The molecule has 0 radical (unpaired) electrons. The molecule has 0 fully saturated rings. The number of methoxy groups -OCH3 is 1. The Morgan fingerprint density at radius 1 is 1.36 bits per heavy atom. The Labute approximate surface area is 132 Å². The van der Waals surface area contributed by atoms with E-state index in [2.05, 4.69) is 0 Å². The van der Waals surface area contributed by atoms with Crippen LogP contribution in [-0.2, 0) is 16.0 Å². The highest BCUT2D eigenvalue weighted by Crippen LogP contribution is 2.37. The van der Waals surface area contributed by atoms with E-state index in [4.69, 9.17) is 9.47 Å². The minimum atomic E-state index is -0.271. The van der Waals surface area contributed by atoms with Crippen LogP contribution in [0.3, 0.4) is 0 Å². The average molecular weight is 320 g/mol. The van der Waals surface area contributed by atoms with Gasteiger partial charge in [0, 0.05) is 9.75 Å². The molecular weight excluding hydrogens is 304 g/mol. The van der Waals surface area contributed by atoms with E-state index in [1.807, 2.05) is 12.1 Å². The first kappa shape index (κ1) is 16.0. The average Bonchev–Trinajstić information content (AvgIpc) is 2.96. The molecule has 0 unspecified atom stereocenters. The first-order chi connectivity index (χ1) is 10.6. The molecule has 0 saturated carbocycles. The fourth-order valence-corrected chi connectivity index (χ4v) is 2.98. The number of rotatable bonds is 6. The predicted octanol–water partition coefficient (Wildman–Crippen LogP) is 3.05. The first-order valence-electron chi connectivity index (χ1n) is 6.70. The Hall–Kier alpha value is -2.34. The van der Waals surface area contributed by atoms with Crippen LogP contribution in [-0.4, -0.2) is 31.1 Å². The van der Waals surface area contributed by atoms with Crippen molar-refractivity contribution in [3.05, 3.63) is 34.7 Å². The minimum Gasteiger partial charge on any atom is -0.504 e. The van der Waals surface area contributed by atoms with Crippen molar-refractivity contribution in [3.63, 3.8) is 0 Å². The van der Waals surface area contributed by atoms with E-state index in [0.717, 1.165) is 15.3 Å². The van der Waals surface area contributed by atoms with Crippen molar-refractivity contribution in [2.24, 2.45) is 0 Å². The predicted molar refractivity (Wildman–Crippen MR) is 83.7 cm³/mol. The molecule has 1 heterocycles. The molecule has 1 aromatic heterocycles. The van der Waals surface area contributed by atoms with Crippen LogP contribution in [0.15, 0.2) is 24.3 Å². The number of carbonyl (C=O) groups is 2. The van der Waals surface area contributed by atoms with Crippen LogP contribution >= 0.6 is 11.3 Å². The van der Waals surface area contributed by atoms with Crippen molar-refractivity contribution < 1.29 is 24.2 Å². The molecule has 0 amide bonds. The fourth-order valence-electron chi connectivity index (χ4n) is 2.00. The van der Waals surface area contributed by atoms with Crippen molar-refractivity contribution in [2.45, 2.75) is 13.3 Å². The number of hydrogen-bond donors (Lipinski definition) is 1. The molecule has 0 bridgehead atoms. The number of ether oxygens (including phenoxy) is 2. The SMILES string of the molecule is CCOC(=O)Cc1ccc(-c2cc(C=O)c(O)c(OC)c2)s1. The summed E-state index contributed by atoms with van der Waals surface area (Å²) in [6.45, 7) is 2.12. The summed E-state index contributed by atoms with van der Waals surface area (Å²) >= 11 is 1.43. The monoisotopic (exact) mass is 320 g/mol. The normalized spacial score (nSPS) is 10.3. The zero-order valence-electron chi connectivity index (χ0n) is 12.3. The van der Waals surface area contributed by atoms with E-state index in [9.17, 15) is 14.7 Å². The smallest absolute Gasteiger partial charge is 0.311 e. The number of thiophene rings is 1. The number of benzene rings is 1. The lowest BCUT2D eigenvalue weighted by Gasteiger charge is -2.08. The summed E-state index contributed by atoms with van der Waals surface area (Å²) in [5.41, 5.74) is 0.909. The Bertz CT molecular complexity index is 690. The molecule has 2 aromatic rings. The van der Waals surface area contributed by atoms with Crippen molar-refractivity contribution in [3.8, 4) is 21.9 Å². The molecule has 6 heteroatoms. The number of esters is 1. The van der Waals surface area contributed by atoms with Gasteiger partial charge < -0.3 is 14.6 Å². The van der Waals surface area contributed by atoms with Crippen LogP contribution in [0.2, 0.25) is 0 Å². The van der Waals surface area contributed by atoms with Crippen LogP contribution < -0.4 is 4.74 Å². The molecule has 0 spiro atoms. The summed E-state index contributed by atoms with van der Waals surface area (Å²) in [5, 5.41) is 9.83. The van der Waals surface area contributed by atoms with E-state index in [1.165, 1.54) is 18.4 Å². The number of phenolic OH excluding ortho intramolecular Hbond substituents is 1. The highest BCUT2D eigenvalue weighted by molar-refractivity contribution is 7.15. The summed E-state index contributed by atoms with van der Waals surface area (Å²) < 4.78 is 9.99. The first-order valence-corrected chi connectivity index (χ1v) is 7.51. The molecule has 116 valence electrons.